The first kappa shape index (κ1) is 12.6. The third kappa shape index (κ3) is 2.23. The molecule has 0 saturated carbocycles. The fourth-order valence-electron chi connectivity index (χ4n) is 1.88. The number of nitrogens with zero attached hydrogens (tertiary/aromatic N) is 1. The molecule has 2 aromatic heterocycles. The maximum Gasteiger partial charge on any atom is 0.264 e. The maximum absolute atomic E-state index is 12.8. The van der Waals surface area contributed by atoms with Crippen molar-refractivity contribution in [3.8, 4) is 0 Å². The summed E-state index contributed by atoms with van der Waals surface area (Å²) in [7, 11) is -3.75. The molecular weight excluding hydrogens is 281 g/mol. The quantitative estimate of drug-likeness (QED) is 0.778. The molecule has 0 radical (unpaired) electrons. The summed E-state index contributed by atoms with van der Waals surface area (Å²) in [6.07, 6.45) is 2.95. The lowest BCUT2D eigenvalue weighted by Gasteiger charge is -2.06. The van der Waals surface area contributed by atoms with E-state index in [0.29, 0.717) is 16.7 Å². The van der Waals surface area contributed by atoms with Crippen LogP contribution in [0, 0.1) is 5.82 Å². The summed E-state index contributed by atoms with van der Waals surface area (Å²) < 4.78 is 39.8. The average Bonchev–Trinajstić information content (AvgIpc) is 2.86. The molecule has 1 aromatic carbocycles. The van der Waals surface area contributed by atoms with E-state index in [1.165, 1.54) is 30.5 Å². The molecule has 0 aliphatic rings. The molecule has 20 heavy (non-hydrogen) atoms. The summed E-state index contributed by atoms with van der Waals surface area (Å²) in [4.78, 5) is 6.94. The highest BCUT2D eigenvalue weighted by Gasteiger charge is 2.19. The number of aromatic nitrogens is 2. The number of nitrogens with one attached hydrogen (secondary N) is 2. The minimum absolute atomic E-state index is 0.102. The van der Waals surface area contributed by atoms with Crippen LogP contribution >= 0.6 is 0 Å². The number of hydrogen-bond acceptors (Lipinski definition) is 3. The van der Waals surface area contributed by atoms with Crippen molar-refractivity contribution in [2.24, 2.45) is 0 Å². The molecule has 0 spiro atoms. The van der Waals surface area contributed by atoms with Crippen molar-refractivity contribution >= 4 is 26.7 Å². The summed E-state index contributed by atoms with van der Waals surface area (Å²) in [6, 6.07) is 8.42. The molecule has 102 valence electrons. The second-order valence-electron chi connectivity index (χ2n) is 4.16. The largest absolute Gasteiger partial charge is 0.345 e. The molecule has 0 aliphatic heterocycles. The number of sulfonamides is 1. The molecule has 7 heteroatoms. The van der Waals surface area contributed by atoms with Crippen molar-refractivity contribution in [2.75, 3.05) is 4.72 Å². The molecule has 5 nitrogen and oxygen atoms in total. The van der Waals surface area contributed by atoms with Gasteiger partial charge in [0.1, 0.15) is 16.4 Å². The van der Waals surface area contributed by atoms with Crippen molar-refractivity contribution in [1.29, 1.82) is 0 Å². The minimum atomic E-state index is -3.75. The predicted octanol–water partition coefficient (Wildman–Crippen LogP) is 2.50. The van der Waals surface area contributed by atoms with E-state index >= 15 is 0 Å². The van der Waals surface area contributed by atoms with Gasteiger partial charge < -0.3 is 4.98 Å². The number of benzene rings is 1. The molecule has 0 atom stereocenters. The lowest BCUT2D eigenvalue weighted by atomic mass is 10.3. The second kappa shape index (κ2) is 4.61. The number of halogens is 1. The number of fused-ring (bicyclic) bond motifs is 1. The Balaban J connectivity index is 2.01. The average molecular weight is 291 g/mol. The van der Waals surface area contributed by atoms with Crippen molar-refractivity contribution in [3.63, 3.8) is 0 Å². The SMILES string of the molecule is O=S(=O)(Nc1ccc(F)cc1)c1c[nH]c2ncccc12. The summed E-state index contributed by atoms with van der Waals surface area (Å²) in [5.74, 6) is -0.427. The molecule has 3 rings (SSSR count). The van der Waals surface area contributed by atoms with Gasteiger partial charge in [-0.3, -0.25) is 4.72 Å². The van der Waals surface area contributed by atoms with Crippen molar-refractivity contribution in [3.05, 3.63) is 54.6 Å². The van der Waals surface area contributed by atoms with Crippen LogP contribution in [0.3, 0.4) is 0 Å². The third-order valence-corrected chi connectivity index (χ3v) is 4.22. The standard InChI is InChI=1S/C13H10FN3O2S/c14-9-3-5-10(6-4-9)17-20(18,19)12-8-16-13-11(12)2-1-7-15-13/h1-8,17H,(H,15,16). The van der Waals surface area contributed by atoms with Crippen LogP contribution in [0.25, 0.3) is 11.0 Å². The lowest BCUT2D eigenvalue weighted by molar-refractivity contribution is 0.602. The molecule has 0 saturated heterocycles. The van der Waals surface area contributed by atoms with Crippen LogP contribution in [0.2, 0.25) is 0 Å². The molecule has 2 heterocycles. The fraction of sp³-hybridized carbons (Fsp3) is 0. The summed E-state index contributed by atoms with van der Waals surface area (Å²) in [6.45, 7) is 0. The summed E-state index contributed by atoms with van der Waals surface area (Å²) >= 11 is 0. The van der Waals surface area contributed by atoms with Crippen LogP contribution in [0.1, 0.15) is 0 Å². The number of anilines is 1. The first-order chi connectivity index (χ1) is 9.56. The number of aromatic amines is 1. The molecule has 2 N–H and O–H groups in total. The number of hydrogen-bond donors (Lipinski definition) is 2. The van der Waals surface area contributed by atoms with E-state index in [9.17, 15) is 12.8 Å². The van der Waals surface area contributed by atoms with Crippen molar-refractivity contribution < 1.29 is 12.8 Å². The second-order valence-corrected chi connectivity index (χ2v) is 5.82. The zero-order chi connectivity index (χ0) is 14.2. The van der Waals surface area contributed by atoms with Crippen LogP contribution in [-0.4, -0.2) is 18.4 Å². The van der Waals surface area contributed by atoms with E-state index in [-0.39, 0.29) is 4.90 Å². The molecule has 3 aromatic rings. The van der Waals surface area contributed by atoms with Crippen LogP contribution < -0.4 is 4.72 Å². The monoisotopic (exact) mass is 291 g/mol. The fourth-order valence-corrected chi connectivity index (χ4v) is 3.11. The minimum Gasteiger partial charge on any atom is -0.345 e. The zero-order valence-corrected chi connectivity index (χ0v) is 11.0. The Hall–Kier alpha value is -2.41. The first-order valence-corrected chi connectivity index (χ1v) is 7.25. The maximum atomic E-state index is 12.8. The van der Waals surface area contributed by atoms with Crippen molar-refractivity contribution in [2.45, 2.75) is 4.90 Å². The van der Waals surface area contributed by atoms with Gasteiger partial charge in [0.2, 0.25) is 0 Å². The third-order valence-electron chi connectivity index (χ3n) is 2.80. The van der Waals surface area contributed by atoms with Gasteiger partial charge in [-0.25, -0.2) is 17.8 Å². The Morgan fingerprint density at radius 2 is 1.90 bits per heavy atom. The molecule has 0 bridgehead atoms. The highest BCUT2D eigenvalue weighted by molar-refractivity contribution is 7.93. The summed E-state index contributed by atoms with van der Waals surface area (Å²) in [5, 5.41) is 0.502. The van der Waals surface area contributed by atoms with Crippen LogP contribution in [0.5, 0.6) is 0 Å². The topological polar surface area (TPSA) is 74.8 Å². The van der Waals surface area contributed by atoms with Gasteiger partial charge in [-0.2, -0.15) is 0 Å². The Morgan fingerprint density at radius 1 is 1.15 bits per heavy atom. The van der Waals surface area contributed by atoms with Crippen molar-refractivity contribution in [1.82, 2.24) is 9.97 Å². The molecule has 0 amide bonds. The normalized spacial score (nSPS) is 11.7. The molecular formula is C13H10FN3O2S. The highest BCUT2D eigenvalue weighted by atomic mass is 32.2. The zero-order valence-electron chi connectivity index (χ0n) is 10.2. The van der Waals surface area contributed by atoms with E-state index in [2.05, 4.69) is 14.7 Å². The number of H-pyrrole nitrogens is 1. The van der Waals surface area contributed by atoms with Crippen LogP contribution in [-0.2, 0) is 10.0 Å². The Kier molecular flexibility index (Phi) is 2.90. The van der Waals surface area contributed by atoms with Gasteiger partial charge in [-0.1, -0.05) is 0 Å². The van der Waals surface area contributed by atoms with Gasteiger partial charge in [0.15, 0.2) is 0 Å². The molecule has 0 fully saturated rings. The Bertz CT molecular complexity index is 857. The lowest BCUT2D eigenvalue weighted by Crippen LogP contribution is -2.12. The van der Waals surface area contributed by atoms with E-state index in [1.807, 2.05) is 0 Å². The summed E-state index contributed by atoms with van der Waals surface area (Å²) in [5.41, 5.74) is 0.789. The van der Waals surface area contributed by atoms with Gasteiger partial charge in [-0.05, 0) is 36.4 Å². The van der Waals surface area contributed by atoms with Gasteiger partial charge in [0.25, 0.3) is 10.0 Å². The van der Waals surface area contributed by atoms with Gasteiger partial charge in [0, 0.05) is 23.5 Å². The van der Waals surface area contributed by atoms with Crippen LogP contribution in [0.15, 0.2) is 53.7 Å². The van der Waals surface area contributed by atoms with E-state index in [1.54, 1.807) is 18.3 Å². The van der Waals surface area contributed by atoms with E-state index < -0.39 is 15.8 Å². The van der Waals surface area contributed by atoms with Crippen LogP contribution in [0.4, 0.5) is 10.1 Å². The number of rotatable bonds is 3. The smallest absolute Gasteiger partial charge is 0.264 e. The van der Waals surface area contributed by atoms with Gasteiger partial charge >= 0.3 is 0 Å². The van der Waals surface area contributed by atoms with Gasteiger partial charge in [-0.15, -0.1) is 0 Å². The predicted molar refractivity (Wildman–Crippen MR) is 73.3 cm³/mol. The van der Waals surface area contributed by atoms with E-state index in [0.717, 1.165) is 0 Å². The first-order valence-electron chi connectivity index (χ1n) is 5.77. The molecule has 0 unspecified atom stereocenters. The van der Waals surface area contributed by atoms with E-state index in [4.69, 9.17) is 0 Å². The number of pyridine rings is 1. The Morgan fingerprint density at radius 3 is 2.65 bits per heavy atom. The molecule has 0 aliphatic carbocycles. The Labute approximate surface area is 114 Å². The van der Waals surface area contributed by atoms with Gasteiger partial charge in [0.05, 0.1) is 0 Å². The highest BCUT2D eigenvalue weighted by Crippen LogP contribution is 2.23.